The van der Waals surface area contributed by atoms with Crippen molar-refractivity contribution in [1.29, 1.82) is 0 Å². The van der Waals surface area contributed by atoms with E-state index in [0.29, 0.717) is 12.1 Å². The van der Waals surface area contributed by atoms with Crippen LogP contribution in [0.3, 0.4) is 0 Å². The minimum atomic E-state index is -0.372. The average Bonchev–Trinajstić information content (AvgIpc) is 3.54. The van der Waals surface area contributed by atoms with Gasteiger partial charge >= 0.3 is 0 Å². The third kappa shape index (κ3) is 4.15. The normalized spacial score (nSPS) is 23.7. The van der Waals surface area contributed by atoms with Gasteiger partial charge in [-0.1, -0.05) is 48.8 Å². The van der Waals surface area contributed by atoms with Crippen LogP contribution in [-0.2, 0) is 4.79 Å². The van der Waals surface area contributed by atoms with E-state index in [2.05, 4.69) is 27.7 Å². The second-order valence-electron chi connectivity index (χ2n) is 9.33. The van der Waals surface area contributed by atoms with Gasteiger partial charge in [0.1, 0.15) is 0 Å². The van der Waals surface area contributed by atoms with E-state index < -0.39 is 0 Å². The van der Waals surface area contributed by atoms with Crippen LogP contribution in [-0.4, -0.2) is 29.3 Å². The maximum atomic E-state index is 13.7. The van der Waals surface area contributed by atoms with Crippen molar-refractivity contribution in [2.24, 2.45) is 0 Å². The molecule has 3 aliphatic rings. The molecule has 0 unspecified atom stereocenters. The monoisotopic (exact) mass is 448 g/mol. The number of hydrogen-bond acceptors (Lipinski definition) is 3. The van der Waals surface area contributed by atoms with Gasteiger partial charge in [0.2, 0.25) is 5.91 Å². The third-order valence-corrected chi connectivity index (χ3v) is 8.28. The molecule has 4 nitrogen and oxygen atoms in total. The fourth-order valence-corrected chi connectivity index (χ4v) is 6.63. The van der Waals surface area contributed by atoms with Crippen molar-refractivity contribution in [1.82, 2.24) is 10.2 Å². The van der Waals surface area contributed by atoms with Gasteiger partial charge in [-0.3, -0.25) is 9.59 Å². The number of nitrogens with one attached hydrogen (secondary N) is 1. The number of carbonyl (C=O) groups is 2. The zero-order valence-electron chi connectivity index (χ0n) is 18.6. The van der Waals surface area contributed by atoms with Crippen LogP contribution in [0, 0.1) is 0 Å². The first kappa shape index (κ1) is 21.4. The van der Waals surface area contributed by atoms with E-state index in [4.69, 9.17) is 0 Å². The van der Waals surface area contributed by atoms with Crippen molar-refractivity contribution >= 4 is 23.2 Å². The molecule has 168 valence electrons. The van der Waals surface area contributed by atoms with E-state index in [-0.39, 0.29) is 29.8 Å². The molecule has 1 fully saturated rings. The standard InChI is InChI=1S/C27H32N2O2S/c30-26(28-17-16-19-9-2-1-3-10-19)24-21-13-6-7-14-22(21)27(31)29(20-11-4-5-12-20)25(24)23-15-8-18-32-23/h6-9,13-15,18,20,24-25H,1-5,10-12,16-17H2,(H,28,30)/t24-,25+/m0/s1. The highest BCUT2D eigenvalue weighted by Crippen LogP contribution is 2.47. The molecule has 0 saturated heterocycles. The fourth-order valence-electron chi connectivity index (χ4n) is 5.77. The molecule has 2 aliphatic carbocycles. The highest BCUT2D eigenvalue weighted by atomic mass is 32.1. The Bertz CT molecular complexity index is 991. The SMILES string of the molecule is O=C(NCCC1=CCCCC1)[C@H]1c2ccccc2C(=O)N(C2CCCC2)[C@@H]1c1cccs1. The van der Waals surface area contributed by atoms with Crippen LogP contribution in [0.1, 0.15) is 90.5 Å². The highest BCUT2D eigenvalue weighted by molar-refractivity contribution is 7.10. The van der Waals surface area contributed by atoms with Gasteiger partial charge in [-0.15, -0.1) is 11.3 Å². The van der Waals surface area contributed by atoms with Crippen molar-refractivity contribution in [2.75, 3.05) is 6.54 Å². The molecule has 2 amide bonds. The Balaban J connectivity index is 1.47. The number of nitrogens with zero attached hydrogens (tertiary/aromatic N) is 1. The molecule has 1 aliphatic heterocycles. The van der Waals surface area contributed by atoms with Gasteiger partial charge in [0.15, 0.2) is 0 Å². The predicted molar refractivity (Wildman–Crippen MR) is 129 cm³/mol. The van der Waals surface area contributed by atoms with E-state index in [9.17, 15) is 9.59 Å². The molecular weight excluding hydrogens is 416 g/mol. The Morgan fingerprint density at radius 1 is 1.06 bits per heavy atom. The van der Waals surface area contributed by atoms with Crippen LogP contribution in [0.5, 0.6) is 0 Å². The molecule has 5 heteroatoms. The van der Waals surface area contributed by atoms with Gasteiger partial charge < -0.3 is 10.2 Å². The van der Waals surface area contributed by atoms with Crippen molar-refractivity contribution in [3.8, 4) is 0 Å². The first-order valence-electron chi connectivity index (χ1n) is 12.1. The summed E-state index contributed by atoms with van der Waals surface area (Å²) in [5.74, 6) is -0.242. The van der Waals surface area contributed by atoms with Gasteiger partial charge in [0, 0.05) is 23.0 Å². The maximum absolute atomic E-state index is 13.7. The number of amides is 2. The van der Waals surface area contributed by atoms with E-state index in [1.54, 1.807) is 11.3 Å². The topological polar surface area (TPSA) is 49.4 Å². The number of thiophene rings is 1. The molecule has 2 aromatic rings. The fraction of sp³-hybridized carbons (Fsp3) is 0.481. The van der Waals surface area contributed by atoms with E-state index in [0.717, 1.165) is 55.4 Å². The van der Waals surface area contributed by atoms with E-state index >= 15 is 0 Å². The van der Waals surface area contributed by atoms with Gasteiger partial charge in [-0.2, -0.15) is 0 Å². The smallest absolute Gasteiger partial charge is 0.254 e. The van der Waals surface area contributed by atoms with Crippen LogP contribution in [0.25, 0.3) is 0 Å². The lowest BCUT2D eigenvalue weighted by Crippen LogP contribution is -2.50. The van der Waals surface area contributed by atoms with Crippen LogP contribution >= 0.6 is 11.3 Å². The molecule has 1 N–H and O–H groups in total. The zero-order chi connectivity index (χ0) is 21.9. The lowest BCUT2D eigenvalue weighted by molar-refractivity contribution is -0.124. The van der Waals surface area contributed by atoms with Crippen molar-refractivity contribution < 1.29 is 9.59 Å². The molecule has 1 aromatic carbocycles. The molecule has 0 radical (unpaired) electrons. The predicted octanol–water partition coefficient (Wildman–Crippen LogP) is 5.98. The van der Waals surface area contributed by atoms with Crippen LogP contribution < -0.4 is 5.32 Å². The number of hydrogen-bond donors (Lipinski definition) is 1. The Hall–Kier alpha value is -2.40. The molecule has 1 aromatic heterocycles. The first-order chi connectivity index (χ1) is 15.7. The van der Waals surface area contributed by atoms with E-state index in [1.807, 2.05) is 30.3 Å². The van der Waals surface area contributed by atoms with Crippen LogP contribution in [0.4, 0.5) is 0 Å². The number of benzene rings is 1. The minimum Gasteiger partial charge on any atom is -0.355 e. The summed E-state index contributed by atoms with van der Waals surface area (Å²) in [6, 6.07) is 11.9. The van der Waals surface area contributed by atoms with Crippen molar-refractivity contribution in [3.05, 3.63) is 69.4 Å². The van der Waals surface area contributed by atoms with Crippen LogP contribution in [0.15, 0.2) is 53.4 Å². The van der Waals surface area contributed by atoms with Gasteiger partial charge in [0.25, 0.3) is 5.91 Å². The second kappa shape index (κ2) is 9.62. The summed E-state index contributed by atoms with van der Waals surface area (Å²) in [7, 11) is 0. The molecule has 0 spiro atoms. The minimum absolute atomic E-state index is 0.0442. The number of carbonyl (C=O) groups excluding carboxylic acids is 2. The summed E-state index contributed by atoms with van der Waals surface area (Å²) >= 11 is 1.65. The maximum Gasteiger partial charge on any atom is 0.254 e. The average molecular weight is 449 g/mol. The van der Waals surface area contributed by atoms with Crippen molar-refractivity contribution in [3.63, 3.8) is 0 Å². The summed E-state index contributed by atoms with van der Waals surface area (Å²) in [5, 5.41) is 5.30. The molecule has 32 heavy (non-hydrogen) atoms. The Morgan fingerprint density at radius 2 is 1.91 bits per heavy atom. The molecule has 2 atom stereocenters. The summed E-state index contributed by atoms with van der Waals surface area (Å²) < 4.78 is 0. The van der Waals surface area contributed by atoms with Crippen LogP contribution in [0.2, 0.25) is 0 Å². The van der Waals surface area contributed by atoms with Gasteiger partial charge in [-0.05, 0) is 68.0 Å². The van der Waals surface area contributed by atoms with Crippen molar-refractivity contribution in [2.45, 2.75) is 75.8 Å². The zero-order valence-corrected chi connectivity index (χ0v) is 19.4. The summed E-state index contributed by atoms with van der Waals surface area (Å²) in [6.07, 6.45) is 12.5. The Labute approximate surface area is 194 Å². The highest BCUT2D eigenvalue weighted by Gasteiger charge is 2.47. The Kier molecular flexibility index (Phi) is 6.44. The summed E-state index contributed by atoms with van der Waals surface area (Å²) in [4.78, 5) is 30.6. The lowest BCUT2D eigenvalue weighted by atomic mass is 9.80. The molecule has 0 bridgehead atoms. The molecule has 1 saturated carbocycles. The summed E-state index contributed by atoms with van der Waals surface area (Å²) in [6.45, 7) is 0.665. The second-order valence-corrected chi connectivity index (χ2v) is 10.3. The van der Waals surface area contributed by atoms with Gasteiger partial charge in [0.05, 0.1) is 12.0 Å². The molecule has 2 heterocycles. The Morgan fingerprint density at radius 3 is 2.66 bits per heavy atom. The number of allylic oxidation sites excluding steroid dienone is 1. The molecular formula is C27H32N2O2S. The first-order valence-corrected chi connectivity index (χ1v) is 13.0. The quantitative estimate of drug-likeness (QED) is 0.553. The number of rotatable bonds is 6. The molecule has 5 rings (SSSR count). The number of fused-ring (bicyclic) bond motifs is 1. The summed E-state index contributed by atoms with van der Waals surface area (Å²) in [5.41, 5.74) is 3.04. The largest absolute Gasteiger partial charge is 0.355 e. The van der Waals surface area contributed by atoms with Gasteiger partial charge in [-0.25, -0.2) is 0 Å². The lowest BCUT2D eigenvalue weighted by Gasteiger charge is -2.44. The van der Waals surface area contributed by atoms with E-state index in [1.165, 1.54) is 18.4 Å². The third-order valence-electron chi connectivity index (χ3n) is 7.34.